The maximum atomic E-state index is 12.3. The third kappa shape index (κ3) is 5.58. The van der Waals surface area contributed by atoms with Gasteiger partial charge in [0.05, 0.1) is 0 Å². The highest BCUT2D eigenvalue weighted by molar-refractivity contribution is 5.99. The van der Waals surface area contributed by atoms with E-state index in [1.165, 1.54) is 6.07 Å². The van der Waals surface area contributed by atoms with E-state index in [0.29, 0.717) is 12.1 Å². The zero-order valence-electron chi connectivity index (χ0n) is 15.0. The van der Waals surface area contributed by atoms with Crippen LogP contribution in [0.4, 0.5) is 0 Å². The van der Waals surface area contributed by atoms with Gasteiger partial charge < -0.3 is 14.4 Å². The first-order valence-corrected chi connectivity index (χ1v) is 8.40. The van der Waals surface area contributed by atoms with Crippen LogP contribution in [0.2, 0.25) is 0 Å². The largest absolute Gasteiger partial charge is 0.508 e. The lowest BCUT2D eigenvalue weighted by Gasteiger charge is -2.10. The van der Waals surface area contributed by atoms with Gasteiger partial charge in [-0.15, -0.1) is 12.4 Å². The second-order valence-corrected chi connectivity index (χ2v) is 6.40. The number of halogens is 1. The summed E-state index contributed by atoms with van der Waals surface area (Å²) in [5.74, 6) is -0.143. The first kappa shape index (κ1) is 21.2. The molecule has 0 spiro atoms. The molecule has 0 bridgehead atoms. The van der Waals surface area contributed by atoms with Crippen molar-refractivity contribution in [3.8, 4) is 5.75 Å². The molecule has 2 aromatic rings. The lowest BCUT2D eigenvalue weighted by atomic mass is 10.00. The fourth-order valence-electron chi connectivity index (χ4n) is 2.70. The number of rotatable bonds is 8. The highest BCUT2D eigenvalue weighted by Gasteiger charge is 2.16. The van der Waals surface area contributed by atoms with Gasteiger partial charge in [-0.3, -0.25) is 4.79 Å². The predicted molar refractivity (Wildman–Crippen MR) is 102 cm³/mol. The molecule has 1 heterocycles. The number of phenols is 1. The summed E-state index contributed by atoms with van der Waals surface area (Å²) < 4.78 is 5.30. The van der Waals surface area contributed by atoms with Crippen LogP contribution in [0.15, 0.2) is 27.4 Å². The quantitative estimate of drug-likeness (QED) is 0.436. The number of carbonyl (C=O) groups excluding carboxylic acids is 1. The Bertz CT molecular complexity index is 783. The average Bonchev–Trinajstić information content (AvgIpc) is 2.52. The number of aryl methyl sites for hydroxylation is 1. The van der Waals surface area contributed by atoms with Gasteiger partial charge in [-0.25, -0.2) is 4.79 Å². The zero-order chi connectivity index (χ0) is 17.7. The molecule has 25 heavy (non-hydrogen) atoms. The molecular weight excluding hydrogens is 342 g/mol. The Morgan fingerprint density at radius 2 is 1.92 bits per heavy atom. The average molecular weight is 368 g/mol. The molecule has 0 radical (unpaired) electrons. The van der Waals surface area contributed by atoms with E-state index in [0.717, 1.165) is 36.6 Å². The van der Waals surface area contributed by atoms with Gasteiger partial charge in [-0.2, -0.15) is 0 Å². The van der Waals surface area contributed by atoms with Gasteiger partial charge in [0.2, 0.25) is 0 Å². The van der Waals surface area contributed by atoms with Crippen LogP contribution in [0.3, 0.4) is 0 Å². The van der Waals surface area contributed by atoms with Crippen molar-refractivity contribution in [2.24, 2.45) is 0 Å². The second kappa shape index (κ2) is 9.59. The van der Waals surface area contributed by atoms with Crippen molar-refractivity contribution in [1.29, 1.82) is 0 Å². The van der Waals surface area contributed by atoms with Gasteiger partial charge >= 0.3 is 5.63 Å². The molecule has 1 N–H and O–H groups in total. The van der Waals surface area contributed by atoms with Crippen LogP contribution < -0.4 is 5.63 Å². The van der Waals surface area contributed by atoms with E-state index in [2.05, 4.69) is 6.92 Å². The molecule has 6 heteroatoms. The maximum absolute atomic E-state index is 12.3. The van der Waals surface area contributed by atoms with Crippen LogP contribution in [0.25, 0.3) is 11.0 Å². The normalized spacial score (nSPS) is 10.9. The van der Waals surface area contributed by atoms with Gasteiger partial charge in [-0.05, 0) is 44.6 Å². The van der Waals surface area contributed by atoms with Crippen LogP contribution >= 0.6 is 12.4 Å². The molecule has 0 saturated heterocycles. The summed E-state index contributed by atoms with van der Waals surface area (Å²) in [4.78, 5) is 26.3. The van der Waals surface area contributed by atoms with Crippen LogP contribution in [-0.4, -0.2) is 36.4 Å². The Labute approximate surface area is 154 Å². The summed E-state index contributed by atoms with van der Waals surface area (Å²) in [5, 5.41) is 10.6. The van der Waals surface area contributed by atoms with Crippen LogP contribution in [0.1, 0.15) is 48.5 Å². The van der Waals surface area contributed by atoms with E-state index >= 15 is 0 Å². The molecule has 0 aliphatic rings. The molecule has 5 nitrogen and oxygen atoms in total. The minimum Gasteiger partial charge on any atom is -0.508 e. The third-order valence-electron chi connectivity index (χ3n) is 4.06. The lowest BCUT2D eigenvalue weighted by Crippen LogP contribution is -2.20. The molecule has 0 unspecified atom stereocenters. The summed E-state index contributed by atoms with van der Waals surface area (Å²) in [5.41, 5.74) is 0.683. The van der Waals surface area contributed by atoms with Crippen LogP contribution in [0.5, 0.6) is 5.75 Å². The minimum atomic E-state index is -0.642. The number of benzene rings is 1. The molecule has 0 aliphatic heterocycles. The molecule has 2 rings (SSSR count). The molecule has 138 valence electrons. The predicted octanol–water partition coefficient (Wildman–Crippen LogP) is 3.79. The first-order valence-electron chi connectivity index (χ1n) is 8.40. The van der Waals surface area contributed by atoms with E-state index in [1.807, 2.05) is 19.0 Å². The monoisotopic (exact) mass is 367 g/mol. The number of unbranched alkanes of at least 4 members (excludes halogenated alkanes) is 2. The summed E-state index contributed by atoms with van der Waals surface area (Å²) in [6, 6.07) is 4.74. The van der Waals surface area contributed by atoms with E-state index in [1.54, 1.807) is 12.1 Å². The molecular formula is C19H26ClNO4. The van der Waals surface area contributed by atoms with Gasteiger partial charge in [0.15, 0.2) is 5.78 Å². The van der Waals surface area contributed by atoms with Crippen LogP contribution in [0, 0.1) is 0 Å². The molecule has 0 atom stereocenters. The molecule has 0 amide bonds. The summed E-state index contributed by atoms with van der Waals surface area (Å²) in [6.45, 7) is 2.70. The highest BCUT2D eigenvalue weighted by Crippen LogP contribution is 2.26. The zero-order valence-corrected chi connectivity index (χ0v) is 15.8. The van der Waals surface area contributed by atoms with E-state index in [4.69, 9.17) is 4.42 Å². The fourth-order valence-corrected chi connectivity index (χ4v) is 2.70. The van der Waals surface area contributed by atoms with E-state index in [-0.39, 0.29) is 35.9 Å². The molecule has 1 aromatic heterocycles. The van der Waals surface area contributed by atoms with Crippen molar-refractivity contribution < 1.29 is 14.3 Å². The van der Waals surface area contributed by atoms with Crippen molar-refractivity contribution in [2.45, 2.75) is 39.0 Å². The molecule has 0 fully saturated rings. The summed E-state index contributed by atoms with van der Waals surface area (Å²) in [7, 11) is 3.76. The first-order chi connectivity index (χ1) is 11.4. The number of fused-ring (bicyclic) bond motifs is 1. The highest BCUT2D eigenvalue weighted by atomic mass is 35.5. The number of phenolic OH excluding ortho intramolecular Hbond substituents is 1. The van der Waals surface area contributed by atoms with Gasteiger partial charge in [0, 0.05) is 24.4 Å². The number of aromatic hydroxyl groups is 1. The third-order valence-corrected chi connectivity index (χ3v) is 4.06. The Balaban J connectivity index is 0.00000312. The van der Waals surface area contributed by atoms with Crippen molar-refractivity contribution in [3.05, 3.63) is 39.7 Å². The molecule has 0 saturated carbocycles. The number of nitrogens with zero attached hydrogens (tertiary/aromatic N) is 1. The van der Waals surface area contributed by atoms with Crippen molar-refractivity contribution in [3.63, 3.8) is 0 Å². The Morgan fingerprint density at radius 3 is 2.56 bits per heavy atom. The molecule has 0 aliphatic carbocycles. The summed E-state index contributed by atoms with van der Waals surface area (Å²) in [6.07, 6.45) is 4.21. The lowest BCUT2D eigenvalue weighted by molar-refractivity contribution is 0.0969. The SMILES string of the molecule is CCCCCc1cc(O)cc2oc(=O)c(C(=O)CCN(C)C)cc12.Cl. The number of carbonyl (C=O) groups is 1. The van der Waals surface area contributed by atoms with Crippen molar-refractivity contribution in [2.75, 3.05) is 20.6 Å². The fraction of sp³-hybridized carbons (Fsp3) is 0.474. The van der Waals surface area contributed by atoms with Gasteiger partial charge in [0.25, 0.3) is 0 Å². The van der Waals surface area contributed by atoms with Gasteiger partial charge in [0.1, 0.15) is 16.9 Å². The summed E-state index contributed by atoms with van der Waals surface area (Å²) >= 11 is 0. The Morgan fingerprint density at radius 1 is 1.20 bits per heavy atom. The number of hydrogen-bond acceptors (Lipinski definition) is 5. The topological polar surface area (TPSA) is 70.8 Å². The Hall–Kier alpha value is -1.85. The van der Waals surface area contributed by atoms with Crippen molar-refractivity contribution >= 4 is 29.2 Å². The van der Waals surface area contributed by atoms with Gasteiger partial charge in [-0.1, -0.05) is 19.8 Å². The smallest absolute Gasteiger partial charge is 0.347 e. The number of ketones is 1. The molecule has 1 aromatic carbocycles. The standard InChI is InChI=1S/C19H25NO4.ClH/c1-4-5-6-7-13-10-14(21)11-18-15(13)12-16(19(23)24-18)17(22)8-9-20(2)3;/h10-12,21H,4-9H2,1-3H3;1H. The van der Waals surface area contributed by atoms with Crippen molar-refractivity contribution in [1.82, 2.24) is 4.90 Å². The maximum Gasteiger partial charge on any atom is 0.347 e. The van der Waals surface area contributed by atoms with Crippen LogP contribution in [-0.2, 0) is 6.42 Å². The van der Waals surface area contributed by atoms with E-state index < -0.39 is 5.63 Å². The Kier molecular flexibility index (Phi) is 8.13. The number of hydrogen-bond donors (Lipinski definition) is 1. The number of Topliss-reactive ketones (excluding diaryl/α,β-unsaturated/α-hetero) is 1. The second-order valence-electron chi connectivity index (χ2n) is 6.40. The minimum absolute atomic E-state index is 0. The van der Waals surface area contributed by atoms with E-state index in [9.17, 15) is 14.7 Å².